The van der Waals surface area contributed by atoms with Gasteiger partial charge in [-0.1, -0.05) is 13.8 Å². The highest BCUT2D eigenvalue weighted by molar-refractivity contribution is 5.90. The minimum Gasteiger partial charge on any atom is -0.300 e. The molecule has 4 aliphatic carbocycles. The third-order valence-corrected chi connectivity index (χ3v) is 8.75. The van der Waals surface area contributed by atoms with Crippen LogP contribution in [0.3, 0.4) is 0 Å². The fourth-order valence-corrected chi connectivity index (χ4v) is 7.07. The largest absolute Gasteiger partial charge is 0.300 e. The molecule has 0 radical (unpaired) electrons. The van der Waals surface area contributed by atoms with Crippen LogP contribution in [0.5, 0.6) is 0 Å². The van der Waals surface area contributed by atoms with Crippen LogP contribution in [0.1, 0.15) is 72.1 Å². The molecule has 0 spiro atoms. The molecular weight excluding hydrogens is 300 g/mol. The lowest BCUT2D eigenvalue weighted by atomic mass is 9.44. The molecule has 3 nitrogen and oxygen atoms in total. The summed E-state index contributed by atoms with van der Waals surface area (Å²) in [6, 6.07) is 0. The lowest BCUT2D eigenvalue weighted by Crippen LogP contribution is -2.57. The van der Waals surface area contributed by atoms with Gasteiger partial charge in [-0.25, -0.2) is 0 Å². The van der Waals surface area contributed by atoms with Crippen LogP contribution < -0.4 is 0 Å². The fourth-order valence-electron chi connectivity index (χ4n) is 7.07. The van der Waals surface area contributed by atoms with Crippen molar-refractivity contribution in [3.8, 4) is 0 Å². The Bertz CT molecular complexity index is 608. The van der Waals surface area contributed by atoms with Crippen LogP contribution in [0, 0.1) is 40.4 Å². The van der Waals surface area contributed by atoms with Crippen molar-refractivity contribution < 1.29 is 14.4 Å². The topological polar surface area (TPSA) is 51.2 Å². The van der Waals surface area contributed by atoms with Gasteiger partial charge in [-0.05, 0) is 68.6 Å². The van der Waals surface area contributed by atoms with E-state index < -0.39 is 0 Å². The lowest BCUT2D eigenvalue weighted by Gasteiger charge is -2.59. The smallest absolute Gasteiger partial charge is 0.139 e. The number of ketones is 3. The van der Waals surface area contributed by atoms with Gasteiger partial charge in [-0.3, -0.25) is 14.4 Å². The summed E-state index contributed by atoms with van der Waals surface area (Å²) in [5.41, 5.74) is -0.0475. The second kappa shape index (κ2) is 5.25. The molecule has 4 aliphatic rings. The van der Waals surface area contributed by atoms with Gasteiger partial charge < -0.3 is 0 Å². The molecule has 0 aromatic heterocycles. The molecule has 7 atom stereocenters. The summed E-state index contributed by atoms with van der Waals surface area (Å²) >= 11 is 0. The van der Waals surface area contributed by atoms with Gasteiger partial charge in [0.25, 0.3) is 0 Å². The zero-order chi connectivity index (χ0) is 17.3. The van der Waals surface area contributed by atoms with Crippen molar-refractivity contribution in [1.82, 2.24) is 0 Å². The molecule has 0 aromatic carbocycles. The van der Waals surface area contributed by atoms with E-state index in [0.717, 1.165) is 38.5 Å². The molecule has 4 rings (SSSR count). The van der Waals surface area contributed by atoms with Crippen molar-refractivity contribution in [2.75, 3.05) is 0 Å². The molecule has 4 fully saturated rings. The van der Waals surface area contributed by atoms with Gasteiger partial charge in [0.2, 0.25) is 0 Å². The number of rotatable bonds is 1. The number of hydrogen-bond acceptors (Lipinski definition) is 3. The summed E-state index contributed by atoms with van der Waals surface area (Å²) in [6.45, 7) is 6.21. The Kier molecular flexibility index (Phi) is 3.61. The summed E-state index contributed by atoms with van der Waals surface area (Å²) < 4.78 is 0. The van der Waals surface area contributed by atoms with Crippen molar-refractivity contribution >= 4 is 17.3 Å². The molecule has 0 heterocycles. The Labute approximate surface area is 144 Å². The summed E-state index contributed by atoms with van der Waals surface area (Å²) in [5, 5.41) is 0. The average molecular weight is 330 g/mol. The van der Waals surface area contributed by atoms with Gasteiger partial charge in [0.15, 0.2) is 0 Å². The van der Waals surface area contributed by atoms with Gasteiger partial charge >= 0.3 is 0 Å². The van der Waals surface area contributed by atoms with E-state index in [1.165, 1.54) is 0 Å². The minimum atomic E-state index is -0.239. The van der Waals surface area contributed by atoms with E-state index in [9.17, 15) is 14.4 Å². The minimum absolute atomic E-state index is 0.102. The molecular formula is C21H30O3. The van der Waals surface area contributed by atoms with E-state index in [0.29, 0.717) is 42.0 Å². The fraction of sp³-hybridized carbons (Fsp3) is 0.857. The number of fused-ring (bicyclic) bond motifs is 5. The third kappa shape index (κ3) is 2.05. The van der Waals surface area contributed by atoms with Gasteiger partial charge in [0.05, 0.1) is 0 Å². The summed E-state index contributed by atoms with van der Waals surface area (Å²) in [4.78, 5) is 37.4. The SMILES string of the molecule is CC(=O)[C@@H]1CC[C@@]2(C)[C@@H](CC(=O)[C@H]3[C@H]4CCC(=O)[C@@]4(C)CC[C@@H]32)C1. The summed E-state index contributed by atoms with van der Waals surface area (Å²) in [5.74, 6) is 2.43. The second-order valence-corrected chi connectivity index (χ2v) is 9.61. The van der Waals surface area contributed by atoms with Crippen LogP contribution in [-0.4, -0.2) is 17.3 Å². The highest BCUT2D eigenvalue weighted by Crippen LogP contribution is 2.64. The van der Waals surface area contributed by atoms with Crippen molar-refractivity contribution in [2.24, 2.45) is 40.4 Å². The zero-order valence-corrected chi connectivity index (χ0v) is 15.3. The monoisotopic (exact) mass is 330 g/mol. The molecule has 0 aromatic rings. The van der Waals surface area contributed by atoms with E-state index in [4.69, 9.17) is 0 Å². The first-order valence-electron chi connectivity index (χ1n) is 9.84. The molecule has 0 saturated heterocycles. The van der Waals surface area contributed by atoms with E-state index >= 15 is 0 Å². The molecule has 0 N–H and O–H groups in total. The van der Waals surface area contributed by atoms with Crippen molar-refractivity contribution in [2.45, 2.75) is 72.1 Å². The average Bonchev–Trinajstić information content (AvgIpc) is 2.83. The predicted molar refractivity (Wildman–Crippen MR) is 91.3 cm³/mol. The molecule has 132 valence electrons. The van der Waals surface area contributed by atoms with Crippen LogP contribution in [0.25, 0.3) is 0 Å². The van der Waals surface area contributed by atoms with E-state index in [2.05, 4.69) is 13.8 Å². The number of Topliss-reactive ketones (excluding diaryl/α,β-unsaturated/α-hetero) is 3. The molecule has 4 saturated carbocycles. The van der Waals surface area contributed by atoms with Gasteiger partial charge in [0, 0.05) is 30.1 Å². The molecule has 0 amide bonds. The van der Waals surface area contributed by atoms with E-state index in [1.807, 2.05) is 0 Å². The summed E-state index contributed by atoms with van der Waals surface area (Å²) in [7, 11) is 0. The molecule has 0 bridgehead atoms. The maximum atomic E-state index is 13.1. The quantitative estimate of drug-likeness (QED) is 0.730. The van der Waals surface area contributed by atoms with Crippen LogP contribution in [-0.2, 0) is 14.4 Å². The number of carbonyl (C=O) groups is 3. The normalized spacial score (nSPS) is 50.9. The van der Waals surface area contributed by atoms with Gasteiger partial charge in [-0.2, -0.15) is 0 Å². The highest BCUT2D eigenvalue weighted by atomic mass is 16.1. The molecule has 24 heavy (non-hydrogen) atoms. The zero-order valence-electron chi connectivity index (χ0n) is 15.3. The second-order valence-electron chi connectivity index (χ2n) is 9.61. The Morgan fingerprint density at radius 1 is 1.04 bits per heavy atom. The Balaban J connectivity index is 1.66. The van der Waals surface area contributed by atoms with Crippen LogP contribution >= 0.6 is 0 Å². The maximum absolute atomic E-state index is 13.1. The molecule has 0 aliphatic heterocycles. The van der Waals surface area contributed by atoms with Crippen molar-refractivity contribution in [3.63, 3.8) is 0 Å². The lowest BCUT2D eigenvalue weighted by molar-refractivity contribution is -0.159. The number of carbonyl (C=O) groups excluding carboxylic acids is 3. The maximum Gasteiger partial charge on any atom is 0.139 e. The Morgan fingerprint density at radius 3 is 2.50 bits per heavy atom. The summed E-state index contributed by atoms with van der Waals surface area (Å²) in [6.07, 6.45) is 7.18. The van der Waals surface area contributed by atoms with Crippen LogP contribution in [0.4, 0.5) is 0 Å². The first-order chi connectivity index (χ1) is 11.3. The molecule has 0 unspecified atom stereocenters. The highest BCUT2D eigenvalue weighted by Gasteiger charge is 2.62. The van der Waals surface area contributed by atoms with Crippen LogP contribution in [0.2, 0.25) is 0 Å². The predicted octanol–water partition coefficient (Wildman–Crippen LogP) is 3.98. The van der Waals surface area contributed by atoms with Gasteiger partial charge in [0.1, 0.15) is 17.3 Å². The van der Waals surface area contributed by atoms with Gasteiger partial charge in [-0.15, -0.1) is 0 Å². The van der Waals surface area contributed by atoms with Crippen molar-refractivity contribution in [1.29, 1.82) is 0 Å². The van der Waals surface area contributed by atoms with Crippen LogP contribution in [0.15, 0.2) is 0 Å². The van der Waals surface area contributed by atoms with E-state index in [1.54, 1.807) is 6.92 Å². The first-order valence-corrected chi connectivity index (χ1v) is 9.84. The van der Waals surface area contributed by atoms with E-state index in [-0.39, 0.29) is 28.6 Å². The molecule has 3 heteroatoms. The Morgan fingerprint density at radius 2 is 1.79 bits per heavy atom. The van der Waals surface area contributed by atoms with Crippen molar-refractivity contribution in [3.05, 3.63) is 0 Å². The Hall–Kier alpha value is -0.990. The number of hydrogen-bond donors (Lipinski definition) is 0. The first kappa shape index (κ1) is 16.5. The third-order valence-electron chi connectivity index (χ3n) is 8.75. The standard InChI is InChI=1S/C21H30O3/c1-12(22)13-6-8-20(2)14(10-13)11-17(23)19-15-4-5-18(24)21(15,3)9-7-16(19)20/h13-16,19H,4-11H2,1-3H3/t13-,14-,15-,16+,19+,20+,21+/m1/s1.